The maximum absolute atomic E-state index is 15.0. The maximum atomic E-state index is 15.0. The molecule has 4 heterocycles. The number of hydrogen-bond donors (Lipinski definition) is 2. The second-order valence-electron chi connectivity index (χ2n) is 11.3. The molecule has 2 amide bonds. The van der Waals surface area contributed by atoms with Gasteiger partial charge in [0.2, 0.25) is 11.7 Å². The van der Waals surface area contributed by atoms with E-state index < -0.39 is 42.0 Å². The van der Waals surface area contributed by atoms with Gasteiger partial charge in [-0.2, -0.15) is 0 Å². The lowest BCUT2D eigenvalue weighted by atomic mass is 10.00. The van der Waals surface area contributed by atoms with Gasteiger partial charge in [0.25, 0.3) is 5.91 Å². The van der Waals surface area contributed by atoms with Crippen LogP contribution in [0, 0.1) is 12.8 Å². The molecule has 0 saturated carbocycles. The van der Waals surface area contributed by atoms with Gasteiger partial charge in [-0.05, 0) is 37.5 Å². The van der Waals surface area contributed by atoms with E-state index in [1.807, 2.05) is 19.9 Å². The zero-order valence-corrected chi connectivity index (χ0v) is 24.2. The van der Waals surface area contributed by atoms with Crippen molar-refractivity contribution in [1.82, 2.24) is 15.5 Å². The van der Waals surface area contributed by atoms with E-state index in [1.54, 1.807) is 19.1 Å². The molecule has 3 aliphatic rings. The Bertz CT molecular complexity index is 1240. The van der Waals surface area contributed by atoms with Crippen LogP contribution in [0.3, 0.4) is 0 Å². The number of amides is 2. The average Bonchev–Trinajstić information content (AvgIpc) is 3.63. The summed E-state index contributed by atoms with van der Waals surface area (Å²) in [6.45, 7) is 8.11. The Labute approximate surface area is 238 Å². The van der Waals surface area contributed by atoms with Gasteiger partial charge in [-0.3, -0.25) is 9.59 Å². The predicted octanol–water partition coefficient (Wildman–Crippen LogP) is 2.19. The zero-order valence-electron chi connectivity index (χ0n) is 24.2. The van der Waals surface area contributed by atoms with Crippen LogP contribution < -0.4 is 15.4 Å². The van der Waals surface area contributed by atoms with Crippen molar-refractivity contribution in [3.63, 3.8) is 0 Å². The summed E-state index contributed by atoms with van der Waals surface area (Å²) in [5.74, 6) is -1.43. The second kappa shape index (κ2) is 12.2. The number of likely N-dealkylation sites (tertiary alicyclic amines) is 1. The largest absolute Gasteiger partial charge is 0.491 e. The number of benzene rings is 1. The highest BCUT2D eigenvalue weighted by atomic mass is 19.1. The van der Waals surface area contributed by atoms with E-state index in [4.69, 9.17) is 28.1 Å². The van der Waals surface area contributed by atoms with E-state index in [0.29, 0.717) is 36.5 Å². The van der Waals surface area contributed by atoms with Crippen molar-refractivity contribution >= 4 is 22.8 Å². The van der Waals surface area contributed by atoms with Crippen LogP contribution in [-0.4, -0.2) is 107 Å². The fourth-order valence-corrected chi connectivity index (χ4v) is 5.97. The fraction of sp³-hybridized carbons (Fsp3) is 0.655. The van der Waals surface area contributed by atoms with E-state index in [0.717, 1.165) is 18.5 Å². The van der Waals surface area contributed by atoms with Crippen molar-refractivity contribution in [2.45, 2.75) is 63.4 Å². The van der Waals surface area contributed by atoms with Crippen LogP contribution >= 0.6 is 0 Å². The SMILES string of the molecule is COC1(OC)COC2C(F)CN(C(=O)[C@H](CC(C)C)NC(=O)c3oc4ccc(OC[C@@H]5CNCCO5)cc4c3C)C21. The van der Waals surface area contributed by atoms with Crippen molar-refractivity contribution in [3.05, 3.63) is 29.5 Å². The minimum Gasteiger partial charge on any atom is -0.491 e. The highest BCUT2D eigenvalue weighted by Crippen LogP contribution is 2.40. The first-order valence-electron chi connectivity index (χ1n) is 14.1. The summed E-state index contributed by atoms with van der Waals surface area (Å²) in [6.07, 6.45) is -1.96. The summed E-state index contributed by atoms with van der Waals surface area (Å²) >= 11 is 0. The van der Waals surface area contributed by atoms with Gasteiger partial charge in [-0.1, -0.05) is 13.8 Å². The molecule has 1 aromatic heterocycles. The van der Waals surface area contributed by atoms with Gasteiger partial charge in [0, 0.05) is 38.3 Å². The Morgan fingerprint density at radius 2 is 2.02 bits per heavy atom. The number of furan rings is 1. The van der Waals surface area contributed by atoms with Gasteiger partial charge >= 0.3 is 0 Å². The van der Waals surface area contributed by atoms with Gasteiger partial charge in [0.05, 0.1) is 13.2 Å². The maximum Gasteiger partial charge on any atom is 0.287 e. The van der Waals surface area contributed by atoms with E-state index in [9.17, 15) is 14.0 Å². The van der Waals surface area contributed by atoms with E-state index in [2.05, 4.69) is 10.6 Å². The number of morpholine rings is 1. The van der Waals surface area contributed by atoms with Crippen LogP contribution in [0.25, 0.3) is 11.0 Å². The molecule has 3 fully saturated rings. The minimum atomic E-state index is -1.40. The number of carbonyl (C=O) groups excluding carboxylic acids is 2. The molecule has 5 atom stereocenters. The van der Waals surface area contributed by atoms with E-state index in [-0.39, 0.29) is 30.9 Å². The molecule has 5 rings (SSSR count). The average molecular weight is 578 g/mol. The van der Waals surface area contributed by atoms with E-state index in [1.165, 1.54) is 19.1 Å². The molecule has 0 spiro atoms. The molecule has 0 radical (unpaired) electrons. The Hall–Kier alpha value is -2.77. The molecule has 0 aliphatic carbocycles. The Balaban J connectivity index is 1.33. The standard InChI is InChI=1S/C29H40FN3O8/c1-16(2)10-22(28(35)33-13-21(30)25-26(33)29(36-4,37-5)15-40-25)32-27(34)24-17(3)20-11-18(6-7-23(20)41-24)39-14-19-12-31-8-9-38-19/h6-7,11,16,19,21-22,25-26,31H,8-10,12-15H2,1-5H3,(H,32,34)/t19-,21?,22-,25?,26?/m0/s1. The van der Waals surface area contributed by atoms with Crippen molar-refractivity contribution in [1.29, 1.82) is 0 Å². The minimum absolute atomic E-state index is 0.00477. The second-order valence-corrected chi connectivity index (χ2v) is 11.3. The number of hydrogen-bond acceptors (Lipinski definition) is 9. The van der Waals surface area contributed by atoms with Crippen LogP contribution in [0.5, 0.6) is 5.75 Å². The Morgan fingerprint density at radius 1 is 1.24 bits per heavy atom. The number of alkyl halides is 1. The predicted molar refractivity (Wildman–Crippen MR) is 147 cm³/mol. The molecule has 2 N–H and O–H groups in total. The quantitative estimate of drug-likeness (QED) is 0.410. The number of halogens is 1. The van der Waals surface area contributed by atoms with Gasteiger partial charge in [0.15, 0.2) is 5.76 Å². The molecule has 0 bridgehead atoms. The molecule has 12 heteroatoms. The third-order valence-electron chi connectivity index (χ3n) is 8.14. The molecular formula is C29H40FN3O8. The molecule has 41 heavy (non-hydrogen) atoms. The lowest BCUT2D eigenvalue weighted by molar-refractivity contribution is -0.227. The van der Waals surface area contributed by atoms with Crippen LogP contribution in [-0.2, 0) is 23.7 Å². The lowest BCUT2D eigenvalue weighted by Crippen LogP contribution is -2.58. The number of carbonyl (C=O) groups is 2. The molecule has 3 unspecified atom stereocenters. The van der Waals surface area contributed by atoms with Gasteiger partial charge in [0.1, 0.15) is 55.0 Å². The first kappa shape index (κ1) is 29.7. The summed E-state index contributed by atoms with van der Waals surface area (Å²) in [5, 5.41) is 6.87. The van der Waals surface area contributed by atoms with Gasteiger partial charge in [-0.15, -0.1) is 0 Å². The number of ether oxygens (including phenoxy) is 5. The van der Waals surface area contributed by atoms with Crippen molar-refractivity contribution in [2.24, 2.45) is 5.92 Å². The normalized spacial score (nSPS) is 26.4. The third kappa shape index (κ3) is 5.80. The molecule has 1 aromatic carbocycles. The third-order valence-corrected chi connectivity index (χ3v) is 8.14. The molecule has 226 valence electrons. The Kier molecular flexibility index (Phi) is 8.86. The van der Waals surface area contributed by atoms with Crippen LogP contribution in [0.15, 0.2) is 22.6 Å². The number of nitrogens with zero attached hydrogens (tertiary/aromatic N) is 1. The summed E-state index contributed by atoms with van der Waals surface area (Å²) in [7, 11) is 2.89. The highest BCUT2D eigenvalue weighted by molar-refractivity contribution is 6.01. The smallest absolute Gasteiger partial charge is 0.287 e. The van der Waals surface area contributed by atoms with Gasteiger partial charge in [-0.25, -0.2) is 4.39 Å². The number of aryl methyl sites for hydroxylation is 1. The molecule has 3 aliphatic heterocycles. The first-order chi connectivity index (χ1) is 19.7. The van der Waals surface area contributed by atoms with Gasteiger partial charge < -0.3 is 43.6 Å². The van der Waals surface area contributed by atoms with Crippen molar-refractivity contribution in [2.75, 3.05) is 53.7 Å². The number of nitrogens with one attached hydrogen (secondary N) is 2. The molecular weight excluding hydrogens is 537 g/mol. The topological polar surface area (TPSA) is 121 Å². The molecule has 11 nitrogen and oxygen atoms in total. The van der Waals surface area contributed by atoms with Crippen LogP contribution in [0.1, 0.15) is 36.4 Å². The monoisotopic (exact) mass is 577 g/mol. The summed E-state index contributed by atoms with van der Waals surface area (Å²) in [6, 6.07) is 3.67. The summed E-state index contributed by atoms with van der Waals surface area (Å²) in [5.41, 5.74) is 1.15. The van der Waals surface area contributed by atoms with Crippen molar-refractivity contribution in [3.8, 4) is 5.75 Å². The Morgan fingerprint density at radius 3 is 2.71 bits per heavy atom. The number of methoxy groups -OCH3 is 2. The van der Waals surface area contributed by atoms with Crippen LogP contribution in [0.4, 0.5) is 4.39 Å². The van der Waals surface area contributed by atoms with E-state index >= 15 is 0 Å². The highest BCUT2D eigenvalue weighted by Gasteiger charge is 2.62. The number of rotatable bonds is 10. The van der Waals surface area contributed by atoms with Crippen LogP contribution in [0.2, 0.25) is 0 Å². The number of fused-ring (bicyclic) bond motifs is 2. The van der Waals surface area contributed by atoms with Crippen molar-refractivity contribution < 1.29 is 42.1 Å². The summed E-state index contributed by atoms with van der Waals surface area (Å²) in [4.78, 5) is 28.8. The first-order valence-corrected chi connectivity index (χ1v) is 14.1. The fourth-order valence-electron chi connectivity index (χ4n) is 5.97. The zero-order chi connectivity index (χ0) is 29.3. The molecule has 2 aromatic rings. The lowest BCUT2D eigenvalue weighted by Gasteiger charge is -2.37. The molecule has 3 saturated heterocycles. The summed E-state index contributed by atoms with van der Waals surface area (Å²) < 4.78 is 49.3.